The van der Waals surface area contributed by atoms with Crippen LogP contribution in [0.4, 0.5) is 5.82 Å². The van der Waals surface area contributed by atoms with Gasteiger partial charge < -0.3 is 4.90 Å². The van der Waals surface area contributed by atoms with Gasteiger partial charge in [0.1, 0.15) is 5.82 Å². The first-order chi connectivity index (χ1) is 7.69. The van der Waals surface area contributed by atoms with Gasteiger partial charge in [-0.2, -0.15) is 0 Å². The van der Waals surface area contributed by atoms with E-state index in [9.17, 15) is 4.21 Å². The molecule has 0 atom stereocenters. The van der Waals surface area contributed by atoms with Gasteiger partial charge in [0, 0.05) is 47.0 Å². The summed E-state index contributed by atoms with van der Waals surface area (Å²) in [4.78, 5) is 6.68. The van der Waals surface area contributed by atoms with Crippen molar-refractivity contribution in [1.82, 2.24) is 4.98 Å². The molecular formula is C11H15ClN2OS. The third-order valence-corrected chi connectivity index (χ3v) is 4.24. The number of nitrogens with zero attached hydrogens (tertiary/aromatic N) is 2. The van der Waals surface area contributed by atoms with Crippen molar-refractivity contribution in [2.45, 2.75) is 12.8 Å². The Morgan fingerprint density at radius 1 is 1.44 bits per heavy atom. The van der Waals surface area contributed by atoms with Crippen LogP contribution in [0.3, 0.4) is 0 Å². The van der Waals surface area contributed by atoms with Crippen molar-refractivity contribution in [3.05, 3.63) is 23.4 Å². The Labute approximate surface area is 103 Å². The summed E-state index contributed by atoms with van der Waals surface area (Å²) >= 11 is 5.84. The van der Waals surface area contributed by atoms with Crippen LogP contribution < -0.4 is 4.90 Å². The number of pyridine rings is 1. The second-order valence-corrected chi connectivity index (χ2v) is 5.91. The molecule has 5 heteroatoms. The second-order valence-electron chi connectivity index (χ2n) is 3.94. The maximum Gasteiger partial charge on any atom is 0.129 e. The number of alkyl halides is 1. The molecule has 0 unspecified atom stereocenters. The molecule has 0 aromatic carbocycles. The minimum absolute atomic E-state index is 0.510. The van der Waals surface area contributed by atoms with Gasteiger partial charge in [0.15, 0.2) is 0 Å². The van der Waals surface area contributed by atoms with Gasteiger partial charge in [-0.25, -0.2) is 4.98 Å². The number of hydrogen-bond acceptors (Lipinski definition) is 3. The smallest absolute Gasteiger partial charge is 0.129 e. The number of rotatable bonds is 2. The lowest BCUT2D eigenvalue weighted by molar-refractivity contribution is 0.672. The summed E-state index contributed by atoms with van der Waals surface area (Å²) in [5.74, 6) is 2.96. The number of hydrogen-bond donors (Lipinski definition) is 0. The van der Waals surface area contributed by atoms with Crippen LogP contribution in [0.15, 0.2) is 12.1 Å². The summed E-state index contributed by atoms with van der Waals surface area (Å²) in [5, 5.41) is 0. The molecule has 0 spiro atoms. The summed E-state index contributed by atoms with van der Waals surface area (Å²) in [7, 11) is -0.643. The van der Waals surface area contributed by atoms with Gasteiger partial charge in [0.05, 0.1) is 0 Å². The Morgan fingerprint density at radius 3 is 2.75 bits per heavy atom. The van der Waals surface area contributed by atoms with Gasteiger partial charge in [0.25, 0.3) is 0 Å². The lowest BCUT2D eigenvalue weighted by Gasteiger charge is -2.27. The molecule has 1 aliphatic rings. The van der Waals surface area contributed by atoms with Crippen LogP contribution in [-0.2, 0) is 16.7 Å². The van der Waals surface area contributed by atoms with Crippen molar-refractivity contribution in [2.24, 2.45) is 0 Å². The fraction of sp³-hybridized carbons (Fsp3) is 0.545. The van der Waals surface area contributed by atoms with E-state index in [0.29, 0.717) is 5.88 Å². The maximum atomic E-state index is 11.3. The molecule has 16 heavy (non-hydrogen) atoms. The molecule has 0 amide bonds. The van der Waals surface area contributed by atoms with Crippen molar-refractivity contribution >= 4 is 28.2 Å². The lowest BCUT2D eigenvalue weighted by atomic mass is 10.2. The van der Waals surface area contributed by atoms with Gasteiger partial charge in [-0.3, -0.25) is 4.21 Å². The van der Waals surface area contributed by atoms with E-state index < -0.39 is 10.8 Å². The second kappa shape index (κ2) is 5.15. The molecule has 0 saturated carbocycles. The fourth-order valence-electron chi connectivity index (χ4n) is 1.83. The average molecular weight is 259 g/mol. The summed E-state index contributed by atoms with van der Waals surface area (Å²) in [5.41, 5.74) is 2.08. The number of halogens is 1. The molecule has 0 aliphatic carbocycles. The molecule has 1 fully saturated rings. The molecule has 1 saturated heterocycles. The average Bonchev–Trinajstić information content (AvgIpc) is 2.29. The normalized spacial score (nSPS) is 17.8. The van der Waals surface area contributed by atoms with E-state index >= 15 is 0 Å². The maximum absolute atomic E-state index is 11.3. The molecular weight excluding hydrogens is 244 g/mol. The van der Waals surface area contributed by atoms with E-state index in [2.05, 4.69) is 9.88 Å². The third-order valence-electron chi connectivity index (χ3n) is 2.66. The Morgan fingerprint density at radius 2 is 2.12 bits per heavy atom. The van der Waals surface area contributed by atoms with Crippen LogP contribution in [0, 0.1) is 6.92 Å². The lowest BCUT2D eigenvalue weighted by Crippen LogP contribution is -2.38. The summed E-state index contributed by atoms with van der Waals surface area (Å²) in [6.45, 7) is 3.62. The van der Waals surface area contributed by atoms with Crippen LogP contribution in [0.5, 0.6) is 0 Å². The molecule has 1 aromatic heterocycles. The molecule has 0 bridgehead atoms. The zero-order chi connectivity index (χ0) is 11.5. The van der Waals surface area contributed by atoms with Crippen molar-refractivity contribution < 1.29 is 4.21 Å². The number of anilines is 1. The molecule has 88 valence electrons. The van der Waals surface area contributed by atoms with Crippen LogP contribution in [0.2, 0.25) is 0 Å². The van der Waals surface area contributed by atoms with E-state index in [1.165, 1.54) is 0 Å². The Bertz CT molecular complexity index is 401. The van der Waals surface area contributed by atoms with Crippen LogP contribution in [-0.4, -0.2) is 33.8 Å². The number of aromatic nitrogens is 1. The third kappa shape index (κ3) is 2.74. The zero-order valence-electron chi connectivity index (χ0n) is 9.28. The Kier molecular flexibility index (Phi) is 3.82. The predicted octanol–water partition coefficient (Wildman–Crippen LogP) is 1.70. The first kappa shape index (κ1) is 11.9. The minimum atomic E-state index is -0.643. The first-order valence-electron chi connectivity index (χ1n) is 5.32. The van der Waals surface area contributed by atoms with Crippen LogP contribution in [0.25, 0.3) is 0 Å². The van der Waals surface area contributed by atoms with E-state index in [4.69, 9.17) is 11.6 Å². The molecule has 2 rings (SSSR count). The Balaban J connectivity index is 2.19. The molecule has 3 nitrogen and oxygen atoms in total. The highest BCUT2D eigenvalue weighted by Crippen LogP contribution is 2.17. The van der Waals surface area contributed by atoms with Gasteiger partial charge >= 0.3 is 0 Å². The SMILES string of the molecule is Cc1cc(CCl)cc(N2CCS(=O)CC2)n1. The van der Waals surface area contributed by atoms with Crippen molar-refractivity contribution in [3.8, 4) is 0 Å². The first-order valence-corrected chi connectivity index (χ1v) is 7.35. The monoisotopic (exact) mass is 258 g/mol. The van der Waals surface area contributed by atoms with Gasteiger partial charge in [-0.05, 0) is 24.6 Å². The van der Waals surface area contributed by atoms with E-state index in [0.717, 1.165) is 41.7 Å². The van der Waals surface area contributed by atoms with Crippen LogP contribution >= 0.6 is 11.6 Å². The highest BCUT2D eigenvalue weighted by atomic mass is 35.5. The van der Waals surface area contributed by atoms with Crippen molar-refractivity contribution in [1.29, 1.82) is 0 Å². The minimum Gasteiger partial charge on any atom is -0.355 e. The molecule has 2 heterocycles. The van der Waals surface area contributed by atoms with Gasteiger partial charge in [-0.15, -0.1) is 11.6 Å². The summed E-state index contributed by atoms with van der Waals surface area (Å²) < 4.78 is 11.3. The molecule has 0 N–H and O–H groups in total. The quantitative estimate of drug-likeness (QED) is 0.757. The largest absolute Gasteiger partial charge is 0.355 e. The molecule has 0 radical (unpaired) electrons. The van der Waals surface area contributed by atoms with E-state index in [1.807, 2.05) is 19.1 Å². The summed E-state index contributed by atoms with van der Waals surface area (Å²) in [6, 6.07) is 4.02. The van der Waals surface area contributed by atoms with Gasteiger partial charge in [-0.1, -0.05) is 0 Å². The topological polar surface area (TPSA) is 33.2 Å². The highest BCUT2D eigenvalue weighted by Gasteiger charge is 2.16. The molecule has 1 aliphatic heterocycles. The van der Waals surface area contributed by atoms with Crippen LogP contribution in [0.1, 0.15) is 11.3 Å². The number of aryl methyl sites for hydroxylation is 1. The van der Waals surface area contributed by atoms with Gasteiger partial charge in [0.2, 0.25) is 0 Å². The van der Waals surface area contributed by atoms with E-state index in [-0.39, 0.29) is 0 Å². The Hall–Kier alpha value is -0.610. The van der Waals surface area contributed by atoms with Crippen molar-refractivity contribution in [2.75, 3.05) is 29.5 Å². The summed E-state index contributed by atoms with van der Waals surface area (Å²) in [6.07, 6.45) is 0. The highest BCUT2D eigenvalue weighted by molar-refractivity contribution is 7.85. The fourth-order valence-corrected chi connectivity index (χ4v) is 3.03. The zero-order valence-corrected chi connectivity index (χ0v) is 10.9. The van der Waals surface area contributed by atoms with E-state index in [1.54, 1.807) is 0 Å². The predicted molar refractivity (Wildman–Crippen MR) is 68.6 cm³/mol. The molecule has 1 aromatic rings. The standard InChI is InChI=1S/C11H15ClN2OS/c1-9-6-10(8-12)7-11(13-9)14-2-4-16(15)5-3-14/h6-7H,2-5,8H2,1H3. The van der Waals surface area contributed by atoms with Crippen molar-refractivity contribution in [3.63, 3.8) is 0 Å².